The Morgan fingerprint density at radius 2 is 1.84 bits per heavy atom. The molecular formula is C21H22N8O3. The second kappa shape index (κ2) is 8.25. The molecule has 164 valence electrons. The molecule has 11 heteroatoms. The van der Waals surface area contributed by atoms with Crippen LogP contribution in [0.4, 0.5) is 16.3 Å². The number of para-hydroxylation sites is 1. The summed E-state index contributed by atoms with van der Waals surface area (Å²) < 4.78 is 1.62. The van der Waals surface area contributed by atoms with Crippen molar-refractivity contribution in [2.45, 2.75) is 6.42 Å². The van der Waals surface area contributed by atoms with Crippen molar-refractivity contribution in [2.75, 3.05) is 42.5 Å². The molecule has 2 aliphatic rings. The molecule has 0 radical (unpaired) electrons. The Morgan fingerprint density at radius 3 is 2.69 bits per heavy atom. The zero-order chi connectivity index (χ0) is 22.1. The van der Waals surface area contributed by atoms with Crippen molar-refractivity contribution in [1.82, 2.24) is 30.0 Å². The Kier molecular flexibility index (Phi) is 5.13. The number of hydrogen-bond acceptors (Lipinski definition) is 7. The summed E-state index contributed by atoms with van der Waals surface area (Å²) in [6.07, 6.45) is 2.29. The van der Waals surface area contributed by atoms with Crippen LogP contribution in [0.5, 0.6) is 0 Å². The topological polar surface area (TPSA) is 116 Å². The van der Waals surface area contributed by atoms with Crippen molar-refractivity contribution in [3.05, 3.63) is 48.8 Å². The summed E-state index contributed by atoms with van der Waals surface area (Å²) in [6, 6.07) is 11.9. The number of carbonyl (C=O) groups is 3. The minimum atomic E-state index is -0.939. The molecule has 0 saturated carbocycles. The summed E-state index contributed by atoms with van der Waals surface area (Å²) in [5.74, 6) is -0.917. The first-order valence-corrected chi connectivity index (χ1v) is 10.5. The van der Waals surface area contributed by atoms with E-state index in [-0.39, 0.29) is 12.5 Å². The molecule has 0 spiro atoms. The van der Waals surface area contributed by atoms with Gasteiger partial charge in [0.25, 0.3) is 0 Å². The lowest BCUT2D eigenvalue weighted by Crippen LogP contribution is -2.59. The van der Waals surface area contributed by atoms with Gasteiger partial charge in [-0.25, -0.2) is 9.69 Å². The fourth-order valence-corrected chi connectivity index (χ4v) is 4.10. The maximum Gasteiger partial charge on any atom is 0.328 e. The SMILES string of the molecule is O=C(C1CNC(=O)N(c2ccccc2)C1=O)N1CCCN(c2ccc3nncn3n2)CC1. The molecule has 11 nitrogen and oxygen atoms in total. The van der Waals surface area contributed by atoms with Gasteiger partial charge in [-0.3, -0.25) is 9.59 Å². The van der Waals surface area contributed by atoms with Crippen molar-refractivity contribution in [3.63, 3.8) is 0 Å². The Morgan fingerprint density at radius 1 is 1.00 bits per heavy atom. The van der Waals surface area contributed by atoms with Crippen LogP contribution in [-0.2, 0) is 9.59 Å². The van der Waals surface area contributed by atoms with E-state index in [1.54, 1.807) is 46.1 Å². The third kappa shape index (κ3) is 3.61. The maximum absolute atomic E-state index is 13.3. The van der Waals surface area contributed by atoms with Gasteiger partial charge < -0.3 is 15.1 Å². The quantitative estimate of drug-likeness (QED) is 0.598. The number of nitrogens with zero attached hydrogens (tertiary/aromatic N) is 7. The average Bonchev–Trinajstić information content (AvgIpc) is 3.14. The molecule has 4 amide bonds. The molecule has 4 heterocycles. The number of imide groups is 1. The van der Waals surface area contributed by atoms with Gasteiger partial charge >= 0.3 is 6.03 Å². The van der Waals surface area contributed by atoms with E-state index in [2.05, 4.69) is 25.5 Å². The molecule has 2 aliphatic heterocycles. The van der Waals surface area contributed by atoms with Gasteiger partial charge in [0.1, 0.15) is 18.1 Å². The third-order valence-corrected chi connectivity index (χ3v) is 5.77. The van der Waals surface area contributed by atoms with Gasteiger partial charge in [-0.15, -0.1) is 15.3 Å². The highest BCUT2D eigenvalue weighted by Crippen LogP contribution is 2.22. The van der Waals surface area contributed by atoms with Gasteiger partial charge in [-0.05, 0) is 30.7 Å². The molecule has 32 heavy (non-hydrogen) atoms. The maximum atomic E-state index is 13.3. The van der Waals surface area contributed by atoms with Crippen LogP contribution in [0.1, 0.15) is 6.42 Å². The highest BCUT2D eigenvalue weighted by atomic mass is 16.2. The lowest BCUT2D eigenvalue weighted by molar-refractivity contribution is -0.141. The molecule has 1 aromatic carbocycles. The average molecular weight is 434 g/mol. The van der Waals surface area contributed by atoms with Crippen LogP contribution in [-0.4, -0.2) is 75.3 Å². The molecule has 0 aliphatic carbocycles. The van der Waals surface area contributed by atoms with Crippen LogP contribution >= 0.6 is 0 Å². The van der Waals surface area contributed by atoms with Crippen LogP contribution in [0, 0.1) is 5.92 Å². The normalized spacial score (nSPS) is 19.8. The molecule has 2 saturated heterocycles. The highest BCUT2D eigenvalue weighted by Gasteiger charge is 2.41. The summed E-state index contributed by atoms with van der Waals surface area (Å²) in [5, 5.41) is 15.0. The summed E-state index contributed by atoms with van der Waals surface area (Å²) in [7, 11) is 0. The predicted octanol–water partition coefficient (Wildman–Crippen LogP) is 0.536. The fraction of sp³-hybridized carbons (Fsp3) is 0.333. The second-order valence-electron chi connectivity index (χ2n) is 7.74. The smallest absolute Gasteiger partial charge is 0.328 e. The molecule has 3 aromatic rings. The summed E-state index contributed by atoms with van der Waals surface area (Å²) >= 11 is 0. The number of nitrogens with one attached hydrogen (secondary N) is 1. The number of aromatic nitrogens is 4. The number of anilines is 2. The number of carbonyl (C=O) groups excluding carboxylic acids is 3. The van der Waals surface area contributed by atoms with Crippen molar-refractivity contribution < 1.29 is 14.4 Å². The molecular weight excluding hydrogens is 412 g/mol. The van der Waals surface area contributed by atoms with E-state index < -0.39 is 17.9 Å². The summed E-state index contributed by atoms with van der Waals surface area (Å²) in [4.78, 5) is 43.5. The van der Waals surface area contributed by atoms with Gasteiger partial charge in [0, 0.05) is 32.7 Å². The van der Waals surface area contributed by atoms with Crippen LogP contribution in [0.2, 0.25) is 0 Å². The number of amides is 4. The second-order valence-corrected chi connectivity index (χ2v) is 7.74. The minimum absolute atomic E-state index is 0.00585. The van der Waals surface area contributed by atoms with Crippen LogP contribution in [0.25, 0.3) is 5.65 Å². The number of benzene rings is 1. The zero-order valence-electron chi connectivity index (χ0n) is 17.3. The predicted molar refractivity (Wildman–Crippen MR) is 115 cm³/mol. The first-order chi connectivity index (χ1) is 15.6. The largest absolute Gasteiger partial charge is 0.353 e. The van der Waals surface area contributed by atoms with E-state index in [0.717, 1.165) is 23.7 Å². The van der Waals surface area contributed by atoms with Gasteiger partial charge in [0.05, 0.1) is 5.69 Å². The Labute approximate surface area is 183 Å². The number of rotatable bonds is 3. The van der Waals surface area contributed by atoms with E-state index in [1.165, 1.54) is 0 Å². The van der Waals surface area contributed by atoms with Crippen LogP contribution in [0.15, 0.2) is 48.8 Å². The molecule has 5 rings (SSSR count). The molecule has 1 N–H and O–H groups in total. The van der Waals surface area contributed by atoms with Gasteiger partial charge in [-0.2, -0.15) is 4.52 Å². The Balaban J connectivity index is 1.29. The molecule has 2 fully saturated rings. The van der Waals surface area contributed by atoms with Gasteiger partial charge in [0.2, 0.25) is 11.8 Å². The van der Waals surface area contributed by atoms with E-state index in [1.807, 2.05) is 12.1 Å². The van der Waals surface area contributed by atoms with E-state index in [0.29, 0.717) is 31.0 Å². The zero-order valence-corrected chi connectivity index (χ0v) is 17.3. The lowest BCUT2D eigenvalue weighted by Gasteiger charge is -2.33. The Bertz CT molecular complexity index is 1160. The summed E-state index contributed by atoms with van der Waals surface area (Å²) in [6.45, 7) is 2.32. The minimum Gasteiger partial charge on any atom is -0.353 e. The highest BCUT2D eigenvalue weighted by molar-refractivity contribution is 6.21. The van der Waals surface area contributed by atoms with Crippen molar-refractivity contribution in [2.24, 2.45) is 5.92 Å². The summed E-state index contributed by atoms with van der Waals surface area (Å²) in [5.41, 5.74) is 1.12. The van der Waals surface area contributed by atoms with Crippen molar-refractivity contribution in [1.29, 1.82) is 0 Å². The first kappa shape index (κ1) is 19.9. The van der Waals surface area contributed by atoms with E-state index in [9.17, 15) is 14.4 Å². The van der Waals surface area contributed by atoms with Gasteiger partial charge in [0.15, 0.2) is 5.65 Å². The van der Waals surface area contributed by atoms with Crippen molar-refractivity contribution >= 4 is 35.0 Å². The van der Waals surface area contributed by atoms with Crippen molar-refractivity contribution in [3.8, 4) is 0 Å². The monoisotopic (exact) mass is 434 g/mol. The third-order valence-electron chi connectivity index (χ3n) is 5.77. The fourth-order valence-electron chi connectivity index (χ4n) is 4.10. The Hall–Kier alpha value is -4.02. The van der Waals surface area contributed by atoms with Gasteiger partial charge in [-0.1, -0.05) is 18.2 Å². The molecule has 1 atom stereocenters. The van der Waals surface area contributed by atoms with E-state index >= 15 is 0 Å². The molecule has 0 bridgehead atoms. The number of urea groups is 1. The number of fused-ring (bicyclic) bond motifs is 1. The van der Waals surface area contributed by atoms with E-state index in [4.69, 9.17) is 0 Å². The standard InChI is InChI=1S/C21H22N8O3/c30-19(16-13-22-21(32)29(20(16)31)15-5-2-1-3-6-15)27-10-4-9-26(11-12-27)18-8-7-17-24-23-14-28(17)25-18/h1-3,5-8,14,16H,4,9-13H2,(H,22,32). The number of hydrogen-bond donors (Lipinski definition) is 1. The first-order valence-electron chi connectivity index (χ1n) is 10.5. The van der Waals surface area contributed by atoms with Crippen LogP contribution < -0.4 is 15.1 Å². The molecule has 2 aromatic heterocycles. The lowest BCUT2D eigenvalue weighted by atomic mass is 10.0. The molecule has 1 unspecified atom stereocenters. The van der Waals surface area contributed by atoms with Crippen LogP contribution in [0.3, 0.4) is 0 Å².